The van der Waals surface area contributed by atoms with Crippen molar-refractivity contribution in [2.75, 3.05) is 5.73 Å². The summed E-state index contributed by atoms with van der Waals surface area (Å²) < 4.78 is 0. The van der Waals surface area contributed by atoms with Crippen LogP contribution in [0.4, 0.5) is 5.69 Å². The Bertz CT molecular complexity index is 482. The number of anilines is 1. The van der Waals surface area contributed by atoms with Gasteiger partial charge >= 0.3 is 0 Å². The molecule has 0 bridgehead atoms. The van der Waals surface area contributed by atoms with E-state index in [1.807, 2.05) is 24.3 Å². The quantitative estimate of drug-likeness (QED) is 0.839. The molecule has 4 N–H and O–H groups in total. The Morgan fingerprint density at radius 2 is 1.94 bits per heavy atom. The van der Waals surface area contributed by atoms with Crippen LogP contribution < -0.4 is 11.5 Å². The van der Waals surface area contributed by atoms with Crippen molar-refractivity contribution in [2.45, 2.75) is 19.4 Å². The van der Waals surface area contributed by atoms with Gasteiger partial charge in [0.25, 0.3) is 0 Å². The largest absolute Gasteiger partial charge is 0.399 e. The summed E-state index contributed by atoms with van der Waals surface area (Å²) in [6.45, 7) is 2.10. The van der Waals surface area contributed by atoms with E-state index in [0.717, 1.165) is 17.7 Å². The zero-order chi connectivity index (χ0) is 11.5. The van der Waals surface area contributed by atoms with E-state index in [9.17, 15) is 0 Å². The van der Waals surface area contributed by atoms with Crippen molar-refractivity contribution >= 4 is 29.4 Å². The number of hydrogen-bond donors (Lipinski definition) is 2. The third-order valence-corrected chi connectivity index (χ3v) is 3.88. The van der Waals surface area contributed by atoms with Crippen LogP contribution in [0.15, 0.2) is 35.7 Å². The second-order valence-corrected chi connectivity index (χ2v) is 4.92. The van der Waals surface area contributed by atoms with Gasteiger partial charge in [-0.25, -0.2) is 0 Å². The number of benzene rings is 1. The summed E-state index contributed by atoms with van der Waals surface area (Å²) in [4.78, 5) is 1.25. The van der Waals surface area contributed by atoms with Gasteiger partial charge in [-0.2, -0.15) is 0 Å². The standard InChI is InChI=1S/C13H16N2S.ClH/c1-9-6-7-16-13(9)12(15)8-10-4-2-3-5-11(10)14;/h2-7,12H,8,14-15H2,1H3;1H. The molecule has 0 aliphatic heterocycles. The second-order valence-electron chi connectivity index (χ2n) is 3.98. The van der Waals surface area contributed by atoms with Gasteiger partial charge in [-0.05, 0) is 42.0 Å². The Balaban J connectivity index is 0.00000144. The van der Waals surface area contributed by atoms with Crippen LogP contribution in [0.5, 0.6) is 0 Å². The summed E-state index contributed by atoms with van der Waals surface area (Å²) in [5.41, 5.74) is 15.3. The lowest BCUT2D eigenvalue weighted by molar-refractivity contribution is 0.733. The van der Waals surface area contributed by atoms with Gasteiger partial charge in [-0.1, -0.05) is 18.2 Å². The van der Waals surface area contributed by atoms with Gasteiger partial charge in [-0.3, -0.25) is 0 Å². The number of hydrogen-bond acceptors (Lipinski definition) is 3. The van der Waals surface area contributed by atoms with Gasteiger partial charge in [0.1, 0.15) is 0 Å². The molecule has 2 rings (SSSR count). The van der Waals surface area contributed by atoms with Crippen molar-refractivity contribution in [2.24, 2.45) is 5.73 Å². The lowest BCUT2D eigenvalue weighted by atomic mass is 10.0. The molecule has 1 unspecified atom stereocenters. The van der Waals surface area contributed by atoms with E-state index in [1.54, 1.807) is 11.3 Å². The molecule has 1 heterocycles. The summed E-state index contributed by atoms with van der Waals surface area (Å²) >= 11 is 1.72. The first kappa shape index (κ1) is 14.0. The molecule has 17 heavy (non-hydrogen) atoms. The molecule has 0 spiro atoms. The normalized spacial score (nSPS) is 11.9. The van der Waals surface area contributed by atoms with Crippen molar-refractivity contribution < 1.29 is 0 Å². The maximum atomic E-state index is 6.20. The van der Waals surface area contributed by atoms with Crippen molar-refractivity contribution in [3.8, 4) is 0 Å². The Kier molecular flexibility index (Phi) is 5.00. The number of rotatable bonds is 3. The fourth-order valence-corrected chi connectivity index (χ4v) is 2.74. The van der Waals surface area contributed by atoms with Crippen LogP contribution in [0, 0.1) is 6.92 Å². The summed E-state index contributed by atoms with van der Waals surface area (Å²) in [7, 11) is 0. The molecule has 0 saturated heterocycles. The lowest BCUT2D eigenvalue weighted by Gasteiger charge is -2.12. The fraction of sp³-hybridized carbons (Fsp3) is 0.231. The summed E-state index contributed by atoms with van der Waals surface area (Å²) in [6, 6.07) is 10.1. The minimum Gasteiger partial charge on any atom is -0.399 e. The number of para-hydroxylation sites is 1. The molecule has 0 aliphatic carbocycles. The zero-order valence-electron chi connectivity index (χ0n) is 9.72. The first-order valence-electron chi connectivity index (χ1n) is 5.31. The molecule has 0 aliphatic rings. The highest BCUT2D eigenvalue weighted by Crippen LogP contribution is 2.26. The van der Waals surface area contributed by atoms with Gasteiger partial charge in [0.2, 0.25) is 0 Å². The molecule has 2 aromatic rings. The SMILES string of the molecule is Cc1ccsc1C(N)Cc1ccccc1N.Cl. The van der Waals surface area contributed by atoms with Gasteiger partial charge in [0, 0.05) is 16.6 Å². The topological polar surface area (TPSA) is 52.0 Å². The molecule has 92 valence electrons. The van der Waals surface area contributed by atoms with E-state index in [0.29, 0.717) is 0 Å². The minimum absolute atomic E-state index is 0. The Morgan fingerprint density at radius 3 is 2.53 bits per heavy atom. The summed E-state index contributed by atoms with van der Waals surface area (Å²) in [5.74, 6) is 0. The van der Waals surface area contributed by atoms with E-state index < -0.39 is 0 Å². The first-order valence-corrected chi connectivity index (χ1v) is 6.19. The van der Waals surface area contributed by atoms with Crippen molar-refractivity contribution in [1.82, 2.24) is 0 Å². The summed E-state index contributed by atoms with van der Waals surface area (Å²) in [6.07, 6.45) is 0.800. The molecule has 1 aromatic heterocycles. The van der Waals surface area contributed by atoms with Crippen molar-refractivity contribution in [3.05, 3.63) is 51.7 Å². The van der Waals surface area contributed by atoms with Crippen LogP contribution in [0.25, 0.3) is 0 Å². The number of halogens is 1. The molecule has 1 aromatic carbocycles. The zero-order valence-corrected chi connectivity index (χ0v) is 11.4. The van der Waals surface area contributed by atoms with Crippen molar-refractivity contribution in [1.29, 1.82) is 0 Å². The van der Waals surface area contributed by atoms with E-state index >= 15 is 0 Å². The van der Waals surface area contributed by atoms with Crippen LogP contribution in [0.2, 0.25) is 0 Å². The number of nitrogen functional groups attached to an aromatic ring is 1. The minimum atomic E-state index is 0. The molecule has 0 saturated carbocycles. The third-order valence-electron chi connectivity index (χ3n) is 2.73. The second kappa shape index (κ2) is 6.05. The molecule has 0 fully saturated rings. The van der Waals surface area contributed by atoms with Crippen LogP contribution >= 0.6 is 23.7 Å². The molecular formula is C13H17ClN2S. The Hall–Kier alpha value is -1.03. The summed E-state index contributed by atoms with van der Waals surface area (Å²) in [5, 5.41) is 2.08. The highest BCUT2D eigenvalue weighted by atomic mass is 35.5. The van der Waals surface area contributed by atoms with E-state index in [1.165, 1.54) is 10.4 Å². The Labute approximate surface area is 112 Å². The maximum absolute atomic E-state index is 6.20. The maximum Gasteiger partial charge on any atom is 0.0434 e. The monoisotopic (exact) mass is 268 g/mol. The highest BCUT2D eigenvalue weighted by molar-refractivity contribution is 7.10. The molecule has 4 heteroatoms. The molecule has 0 radical (unpaired) electrons. The highest BCUT2D eigenvalue weighted by Gasteiger charge is 2.12. The van der Waals surface area contributed by atoms with Gasteiger partial charge in [0.05, 0.1) is 0 Å². The predicted octanol–water partition coefficient (Wildman–Crippen LogP) is 3.30. The van der Waals surface area contributed by atoms with E-state index in [2.05, 4.69) is 18.4 Å². The number of thiophene rings is 1. The van der Waals surface area contributed by atoms with Crippen LogP contribution in [-0.4, -0.2) is 0 Å². The average Bonchev–Trinajstić information content (AvgIpc) is 2.68. The fourth-order valence-electron chi connectivity index (χ4n) is 1.81. The molecule has 1 atom stereocenters. The van der Waals surface area contributed by atoms with Crippen LogP contribution in [0.1, 0.15) is 22.0 Å². The molecular weight excluding hydrogens is 252 g/mol. The third kappa shape index (κ3) is 3.22. The van der Waals surface area contributed by atoms with Gasteiger partial charge in [0.15, 0.2) is 0 Å². The lowest BCUT2D eigenvalue weighted by Crippen LogP contribution is -2.13. The van der Waals surface area contributed by atoms with Crippen LogP contribution in [-0.2, 0) is 6.42 Å². The molecule has 0 amide bonds. The van der Waals surface area contributed by atoms with E-state index in [-0.39, 0.29) is 18.4 Å². The predicted molar refractivity (Wildman–Crippen MR) is 77.8 cm³/mol. The first-order chi connectivity index (χ1) is 7.68. The van der Waals surface area contributed by atoms with Crippen molar-refractivity contribution in [3.63, 3.8) is 0 Å². The number of nitrogens with two attached hydrogens (primary N) is 2. The average molecular weight is 269 g/mol. The molecule has 2 nitrogen and oxygen atoms in total. The van der Waals surface area contributed by atoms with E-state index in [4.69, 9.17) is 11.5 Å². The smallest absolute Gasteiger partial charge is 0.0434 e. The number of aryl methyl sites for hydroxylation is 1. The Morgan fingerprint density at radius 1 is 1.24 bits per heavy atom. The van der Waals surface area contributed by atoms with Gasteiger partial charge < -0.3 is 11.5 Å². The van der Waals surface area contributed by atoms with Crippen LogP contribution in [0.3, 0.4) is 0 Å². The van der Waals surface area contributed by atoms with Gasteiger partial charge in [-0.15, -0.1) is 23.7 Å².